The van der Waals surface area contributed by atoms with E-state index in [0.29, 0.717) is 35.7 Å². The van der Waals surface area contributed by atoms with Crippen molar-refractivity contribution in [2.75, 3.05) is 33.3 Å². The second-order valence-electron chi connectivity index (χ2n) is 8.92. The summed E-state index contributed by atoms with van der Waals surface area (Å²) in [5.74, 6) is 0.365. The maximum Gasteiger partial charge on any atom is 0.260 e. The summed E-state index contributed by atoms with van der Waals surface area (Å²) in [7, 11) is 1.64. The largest absolute Gasteiger partial charge is 0.395 e. The number of aromatic amines is 1. The number of aliphatic hydroxyl groups excluding tert-OH is 1. The molecule has 2 aromatic heterocycles. The van der Waals surface area contributed by atoms with E-state index >= 15 is 0 Å². The first-order chi connectivity index (χ1) is 18.4. The van der Waals surface area contributed by atoms with Crippen molar-refractivity contribution in [3.8, 4) is 22.4 Å². The van der Waals surface area contributed by atoms with Gasteiger partial charge in [0.05, 0.1) is 17.9 Å². The van der Waals surface area contributed by atoms with Gasteiger partial charge in [0.1, 0.15) is 0 Å². The highest BCUT2D eigenvalue weighted by Gasteiger charge is 2.13. The molecule has 1 amide bonds. The summed E-state index contributed by atoms with van der Waals surface area (Å²) in [5.41, 5.74) is 14.8. The van der Waals surface area contributed by atoms with E-state index in [-0.39, 0.29) is 30.6 Å². The number of hydrogen-bond donors (Lipinski definition) is 5. The molecule has 198 valence electrons. The Bertz CT molecular complexity index is 1470. The first-order valence-corrected chi connectivity index (χ1v) is 12.3. The second kappa shape index (κ2) is 12.2. The molecule has 4 aromatic rings. The SMILES string of the molecule is CN(CCO)C(=O)c1ccc(-c2cn3cc(-c4ccc(CNCCCN=C(N)N)cc4)c(=O)[nH]c3n2)cc1. The molecular weight excluding hydrogens is 484 g/mol. The summed E-state index contributed by atoms with van der Waals surface area (Å²) in [6.07, 6.45) is 4.44. The number of nitrogens with two attached hydrogens (primary N) is 2. The molecule has 11 heteroatoms. The lowest BCUT2D eigenvalue weighted by Gasteiger charge is -2.15. The van der Waals surface area contributed by atoms with Crippen LogP contribution in [0.1, 0.15) is 22.3 Å². The van der Waals surface area contributed by atoms with Crippen LogP contribution in [0.5, 0.6) is 0 Å². The van der Waals surface area contributed by atoms with Gasteiger partial charge in [-0.05, 0) is 36.2 Å². The van der Waals surface area contributed by atoms with Crippen LogP contribution in [0.3, 0.4) is 0 Å². The van der Waals surface area contributed by atoms with E-state index in [1.807, 2.05) is 42.6 Å². The number of H-pyrrole nitrogens is 1. The quantitative estimate of drug-likeness (QED) is 0.113. The maximum absolute atomic E-state index is 12.8. The zero-order valence-electron chi connectivity index (χ0n) is 21.2. The van der Waals surface area contributed by atoms with Crippen LogP contribution in [0.25, 0.3) is 28.2 Å². The Kier molecular flexibility index (Phi) is 8.51. The van der Waals surface area contributed by atoms with Crippen LogP contribution in [-0.4, -0.2) is 69.5 Å². The topological polar surface area (TPSA) is 167 Å². The van der Waals surface area contributed by atoms with E-state index in [4.69, 9.17) is 16.6 Å². The molecule has 2 heterocycles. The minimum Gasteiger partial charge on any atom is -0.395 e. The lowest BCUT2D eigenvalue weighted by molar-refractivity contribution is 0.0767. The molecule has 7 N–H and O–H groups in total. The van der Waals surface area contributed by atoms with Gasteiger partial charge in [0.15, 0.2) is 5.96 Å². The van der Waals surface area contributed by atoms with Crippen molar-refractivity contribution in [3.63, 3.8) is 0 Å². The number of aromatic nitrogens is 3. The number of likely N-dealkylation sites (N-methyl/N-ethyl adjacent to an activating group) is 1. The number of nitrogens with zero attached hydrogens (tertiary/aromatic N) is 4. The Labute approximate surface area is 219 Å². The Balaban J connectivity index is 1.45. The van der Waals surface area contributed by atoms with Crippen molar-refractivity contribution < 1.29 is 9.90 Å². The van der Waals surface area contributed by atoms with Crippen LogP contribution in [0.15, 0.2) is 70.7 Å². The molecule has 38 heavy (non-hydrogen) atoms. The zero-order chi connectivity index (χ0) is 27.1. The summed E-state index contributed by atoms with van der Waals surface area (Å²) in [6.45, 7) is 2.25. The van der Waals surface area contributed by atoms with Gasteiger partial charge >= 0.3 is 0 Å². The van der Waals surface area contributed by atoms with Crippen molar-refractivity contribution in [2.45, 2.75) is 13.0 Å². The van der Waals surface area contributed by atoms with Crippen LogP contribution < -0.4 is 22.3 Å². The van der Waals surface area contributed by atoms with E-state index in [9.17, 15) is 9.59 Å². The molecule has 2 aromatic carbocycles. The number of amides is 1. The summed E-state index contributed by atoms with van der Waals surface area (Å²) < 4.78 is 1.78. The number of aliphatic imine (C=N–C) groups is 1. The lowest BCUT2D eigenvalue weighted by atomic mass is 10.1. The van der Waals surface area contributed by atoms with Gasteiger partial charge in [0.2, 0.25) is 5.78 Å². The highest BCUT2D eigenvalue weighted by molar-refractivity contribution is 5.94. The van der Waals surface area contributed by atoms with E-state index in [0.717, 1.165) is 29.7 Å². The van der Waals surface area contributed by atoms with Crippen LogP contribution in [0, 0.1) is 0 Å². The lowest BCUT2D eigenvalue weighted by Crippen LogP contribution is -2.29. The minimum absolute atomic E-state index is 0.0914. The van der Waals surface area contributed by atoms with E-state index in [2.05, 4.69) is 20.3 Å². The van der Waals surface area contributed by atoms with Crippen LogP contribution >= 0.6 is 0 Å². The smallest absolute Gasteiger partial charge is 0.260 e. The molecule has 4 rings (SSSR count). The summed E-state index contributed by atoms with van der Waals surface area (Å²) in [5, 5.41) is 12.4. The molecule has 0 fully saturated rings. The van der Waals surface area contributed by atoms with Gasteiger partial charge in [-0.2, -0.15) is 0 Å². The molecule has 0 atom stereocenters. The number of nitrogens with one attached hydrogen (secondary N) is 2. The molecular formula is C27H32N8O3. The number of rotatable bonds is 11. The maximum atomic E-state index is 12.8. The molecule has 0 aliphatic rings. The van der Waals surface area contributed by atoms with Gasteiger partial charge in [-0.15, -0.1) is 0 Å². The molecule has 0 aliphatic heterocycles. The first-order valence-electron chi connectivity index (χ1n) is 12.3. The number of aliphatic hydroxyl groups is 1. The molecule has 0 unspecified atom stereocenters. The van der Waals surface area contributed by atoms with Crippen LogP contribution in [-0.2, 0) is 6.54 Å². The van der Waals surface area contributed by atoms with Crippen molar-refractivity contribution in [3.05, 3.63) is 82.4 Å². The van der Waals surface area contributed by atoms with Gasteiger partial charge in [-0.1, -0.05) is 36.4 Å². The van der Waals surface area contributed by atoms with E-state index < -0.39 is 0 Å². The summed E-state index contributed by atoms with van der Waals surface area (Å²) in [6, 6.07) is 14.9. The van der Waals surface area contributed by atoms with Crippen LogP contribution in [0.4, 0.5) is 0 Å². The Morgan fingerprint density at radius 1 is 1.11 bits per heavy atom. The Hall–Kier alpha value is -4.48. The Morgan fingerprint density at radius 2 is 1.82 bits per heavy atom. The summed E-state index contributed by atoms with van der Waals surface area (Å²) >= 11 is 0. The van der Waals surface area contributed by atoms with Gasteiger partial charge in [-0.25, -0.2) is 4.98 Å². The fourth-order valence-corrected chi connectivity index (χ4v) is 4.00. The number of carbonyl (C=O) groups is 1. The third-order valence-electron chi connectivity index (χ3n) is 6.08. The van der Waals surface area contributed by atoms with E-state index in [1.165, 1.54) is 4.90 Å². The molecule has 0 spiro atoms. The van der Waals surface area contributed by atoms with Crippen molar-refractivity contribution in [2.24, 2.45) is 16.5 Å². The fraction of sp³-hybridized carbons (Fsp3) is 0.259. The molecule has 0 bridgehead atoms. The standard InChI is InChI=1S/C27H32N8O3/c1-34(13-14-36)25(38)21-9-7-20(8-10-21)23-17-35-16-22(24(37)33-27(35)32-23)19-5-3-18(4-6-19)15-30-11-2-12-31-26(28)29/h3-10,16-17,30,36H,2,11-15H2,1H3,(H4,28,29,31)(H,32,33,37). The van der Waals surface area contributed by atoms with Crippen LogP contribution in [0.2, 0.25) is 0 Å². The second-order valence-corrected chi connectivity index (χ2v) is 8.92. The van der Waals surface area contributed by atoms with Crippen molar-refractivity contribution in [1.82, 2.24) is 24.6 Å². The number of benzene rings is 2. The third kappa shape index (κ3) is 6.44. The van der Waals surface area contributed by atoms with Gasteiger partial charge < -0.3 is 26.8 Å². The zero-order valence-corrected chi connectivity index (χ0v) is 21.2. The number of guanidine groups is 1. The minimum atomic E-state index is -0.229. The van der Waals surface area contributed by atoms with Gasteiger partial charge in [-0.3, -0.25) is 24.0 Å². The normalized spacial score (nSPS) is 11.0. The number of fused-ring (bicyclic) bond motifs is 1. The monoisotopic (exact) mass is 516 g/mol. The predicted octanol–water partition coefficient (Wildman–Crippen LogP) is 1.17. The average molecular weight is 517 g/mol. The van der Waals surface area contributed by atoms with Gasteiger partial charge in [0.25, 0.3) is 11.5 Å². The number of carbonyl (C=O) groups excluding carboxylic acids is 1. The molecule has 0 saturated heterocycles. The average Bonchev–Trinajstić information content (AvgIpc) is 3.33. The third-order valence-corrected chi connectivity index (χ3v) is 6.08. The van der Waals surface area contributed by atoms with Crippen molar-refractivity contribution in [1.29, 1.82) is 0 Å². The fourth-order valence-electron chi connectivity index (χ4n) is 4.00. The number of imidazole rings is 1. The molecule has 0 radical (unpaired) electrons. The Morgan fingerprint density at radius 3 is 2.50 bits per heavy atom. The molecule has 0 saturated carbocycles. The molecule has 11 nitrogen and oxygen atoms in total. The highest BCUT2D eigenvalue weighted by Crippen LogP contribution is 2.21. The summed E-state index contributed by atoms with van der Waals surface area (Å²) in [4.78, 5) is 38.0. The molecule has 0 aliphatic carbocycles. The van der Waals surface area contributed by atoms with Gasteiger partial charge in [0, 0.05) is 50.2 Å². The highest BCUT2D eigenvalue weighted by atomic mass is 16.3. The van der Waals surface area contributed by atoms with E-state index in [1.54, 1.807) is 29.8 Å². The number of hydrogen-bond acceptors (Lipinski definition) is 6. The first kappa shape index (κ1) is 26.6. The predicted molar refractivity (Wildman–Crippen MR) is 148 cm³/mol. The van der Waals surface area contributed by atoms with Crippen molar-refractivity contribution >= 4 is 17.6 Å².